The molecule has 6 heteroatoms. The maximum absolute atomic E-state index is 10.8. The van der Waals surface area contributed by atoms with Gasteiger partial charge in [0.25, 0.3) is 5.69 Å². The smallest absolute Gasteiger partial charge is 0.288 e. The van der Waals surface area contributed by atoms with E-state index in [0.29, 0.717) is 23.6 Å². The van der Waals surface area contributed by atoms with E-state index < -0.39 is 4.92 Å². The highest BCUT2D eigenvalue weighted by molar-refractivity contribution is 6.32. The number of nitrogens with two attached hydrogens (primary N) is 1. The van der Waals surface area contributed by atoms with Crippen LogP contribution in [0.25, 0.3) is 0 Å². The van der Waals surface area contributed by atoms with Gasteiger partial charge in [0.15, 0.2) is 0 Å². The van der Waals surface area contributed by atoms with Crippen molar-refractivity contribution in [1.29, 1.82) is 0 Å². The molecule has 0 amide bonds. The Morgan fingerprint density at radius 2 is 1.95 bits per heavy atom. The molecule has 0 aromatic heterocycles. The van der Waals surface area contributed by atoms with Crippen LogP contribution in [0, 0.1) is 17.0 Å². The van der Waals surface area contributed by atoms with Crippen LogP contribution in [-0.4, -0.2) is 4.92 Å². The number of hydrogen-bond acceptors (Lipinski definition) is 4. The van der Waals surface area contributed by atoms with Crippen LogP contribution in [0.4, 0.5) is 5.69 Å². The van der Waals surface area contributed by atoms with Crippen LogP contribution in [0.2, 0.25) is 5.02 Å². The lowest BCUT2D eigenvalue weighted by Gasteiger charge is -2.09. The molecule has 104 valence electrons. The molecule has 0 radical (unpaired) electrons. The monoisotopic (exact) mass is 292 g/mol. The SMILES string of the molecule is Cc1cc([N+](=O)[O-])c(Cl)cc1Oc1ccc(CN)cc1. The molecule has 0 aliphatic heterocycles. The molecule has 0 bridgehead atoms. The van der Waals surface area contributed by atoms with Gasteiger partial charge in [-0.3, -0.25) is 10.1 Å². The van der Waals surface area contributed by atoms with E-state index in [2.05, 4.69) is 0 Å². The van der Waals surface area contributed by atoms with Crippen molar-refractivity contribution in [2.45, 2.75) is 13.5 Å². The standard InChI is InChI=1S/C14H13ClN2O3/c1-9-6-13(17(18)19)12(15)7-14(9)20-11-4-2-10(8-16)3-5-11/h2-7H,8,16H2,1H3. The minimum Gasteiger partial charge on any atom is -0.457 e. The molecule has 0 saturated carbocycles. The minimum absolute atomic E-state index is 0.0502. The van der Waals surface area contributed by atoms with Gasteiger partial charge in [0.05, 0.1) is 4.92 Å². The Balaban J connectivity index is 2.29. The first kappa shape index (κ1) is 14.3. The van der Waals surface area contributed by atoms with Gasteiger partial charge in [-0.25, -0.2) is 0 Å². The maximum atomic E-state index is 10.8. The number of nitro benzene ring substituents is 1. The maximum Gasteiger partial charge on any atom is 0.288 e. The fourth-order valence-corrected chi connectivity index (χ4v) is 1.94. The zero-order chi connectivity index (χ0) is 14.7. The molecular weight excluding hydrogens is 280 g/mol. The van der Waals surface area contributed by atoms with Gasteiger partial charge in [0.2, 0.25) is 0 Å². The predicted octanol–water partition coefficient (Wildman–Crippen LogP) is 3.81. The molecule has 20 heavy (non-hydrogen) atoms. The lowest BCUT2D eigenvalue weighted by atomic mass is 10.2. The van der Waals surface area contributed by atoms with Crippen molar-refractivity contribution in [3.05, 3.63) is 62.7 Å². The first-order valence-electron chi connectivity index (χ1n) is 5.92. The number of benzene rings is 2. The van der Waals surface area contributed by atoms with Gasteiger partial charge in [-0.2, -0.15) is 0 Å². The van der Waals surface area contributed by atoms with Gasteiger partial charge in [0, 0.05) is 18.7 Å². The summed E-state index contributed by atoms with van der Waals surface area (Å²) >= 11 is 5.87. The molecule has 2 rings (SSSR count). The first-order chi connectivity index (χ1) is 9.51. The average Bonchev–Trinajstić information content (AvgIpc) is 2.43. The van der Waals surface area contributed by atoms with Gasteiger partial charge < -0.3 is 10.5 Å². The highest BCUT2D eigenvalue weighted by Gasteiger charge is 2.16. The summed E-state index contributed by atoms with van der Waals surface area (Å²) in [5, 5.41) is 10.8. The van der Waals surface area contributed by atoms with Gasteiger partial charge >= 0.3 is 0 Å². The molecule has 0 spiro atoms. The van der Waals surface area contributed by atoms with Crippen molar-refractivity contribution < 1.29 is 9.66 Å². The second-order valence-electron chi connectivity index (χ2n) is 4.28. The second-order valence-corrected chi connectivity index (χ2v) is 4.68. The van der Waals surface area contributed by atoms with E-state index in [1.165, 1.54) is 12.1 Å². The zero-order valence-electron chi connectivity index (χ0n) is 10.8. The molecule has 5 nitrogen and oxygen atoms in total. The molecule has 0 unspecified atom stereocenters. The summed E-state index contributed by atoms with van der Waals surface area (Å²) in [6, 6.07) is 10.1. The van der Waals surface area contributed by atoms with E-state index >= 15 is 0 Å². The molecule has 0 fully saturated rings. The van der Waals surface area contributed by atoms with E-state index in [-0.39, 0.29) is 10.7 Å². The van der Waals surface area contributed by atoms with E-state index in [4.69, 9.17) is 22.1 Å². The Kier molecular flexibility index (Phi) is 4.22. The van der Waals surface area contributed by atoms with Gasteiger partial charge in [-0.05, 0) is 30.2 Å². The quantitative estimate of drug-likeness (QED) is 0.686. The van der Waals surface area contributed by atoms with Crippen LogP contribution < -0.4 is 10.5 Å². The van der Waals surface area contributed by atoms with Gasteiger partial charge in [-0.1, -0.05) is 23.7 Å². The van der Waals surface area contributed by atoms with Crippen LogP contribution in [0.1, 0.15) is 11.1 Å². The number of nitrogens with zero attached hydrogens (tertiary/aromatic N) is 1. The van der Waals surface area contributed by atoms with Gasteiger partial charge in [0.1, 0.15) is 16.5 Å². The van der Waals surface area contributed by atoms with E-state index in [1.54, 1.807) is 19.1 Å². The number of hydrogen-bond donors (Lipinski definition) is 1. The highest BCUT2D eigenvalue weighted by atomic mass is 35.5. The third kappa shape index (κ3) is 3.07. The minimum atomic E-state index is -0.519. The summed E-state index contributed by atoms with van der Waals surface area (Å²) < 4.78 is 5.68. The third-order valence-corrected chi connectivity index (χ3v) is 3.13. The fourth-order valence-electron chi connectivity index (χ4n) is 1.72. The normalized spacial score (nSPS) is 10.3. The number of halogens is 1. The summed E-state index contributed by atoms with van der Waals surface area (Å²) in [7, 11) is 0. The fraction of sp³-hybridized carbons (Fsp3) is 0.143. The Labute approximate surface area is 121 Å². The van der Waals surface area contributed by atoms with Crippen molar-refractivity contribution in [2.24, 2.45) is 5.73 Å². The summed E-state index contributed by atoms with van der Waals surface area (Å²) in [5.41, 5.74) is 7.03. The Morgan fingerprint density at radius 1 is 1.30 bits per heavy atom. The molecule has 0 aliphatic carbocycles. The first-order valence-corrected chi connectivity index (χ1v) is 6.30. The van der Waals surface area contributed by atoms with Crippen LogP contribution in [0.3, 0.4) is 0 Å². The zero-order valence-corrected chi connectivity index (χ0v) is 11.6. The summed E-state index contributed by atoms with van der Waals surface area (Å²) in [5.74, 6) is 1.11. The van der Waals surface area contributed by atoms with Crippen LogP contribution in [0.5, 0.6) is 11.5 Å². The summed E-state index contributed by atoms with van der Waals surface area (Å²) in [6.45, 7) is 2.19. The largest absolute Gasteiger partial charge is 0.457 e. The van der Waals surface area contributed by atoms with Crippen molar-refractivity contribution in [1.82, 2.24) is 0 Å². The third-order valence-electron chi connectivity index (χ3n) is 2.83. The number of aryl methyl sites for hydroxylation is 1. The average molecular weight is 293 g/mol. The molecular formula is C14H13ClN2O3. The Hall–Kier alpha value is -2.11. The van der Waals surface area contributed by atoms with E-state index in [9.17, 15) is 10.1 Å². The predicted molar refractivity (Wildman–Crippen MR) is 77.3 cm³/mol. The molecule has 0 saturated heterocycles. The summed E-state index contributed by atoms with van der Waals surface area (Å²) in [6.07, 6.45) is 0. The Bertz CT molecular complexity index is 642. The van der Waals surface area contributed by atoms with E-state index in [1.807, 2.05) is 12.1 Å². The van der Waals surface area contributed by atoms with Crippen molar-refractivity contribution >= 4 is 17.3 Å². The highest BCUT2D eigenvalue weighted by Crippen LogP contribution is 2.34. The van der Waals surface area contributed by atoms with Crippen LogP contribution >= 0.6 is 11.6 Å². The van der Waals surface area contributed by atoms with Crippen LogP contribution in [0.15, 0.2) is 36.4 Å². The Morgan fingerprint density at radius 3 is 2.50 bits per heavy atom. The molecule has 0 atom stereocenters. The number of ether oxygens (including phenoxy) is 1. The van der Waals surface area contributed by atoms with Crippen molar-refractivity contribution in [3.63, 3.8) is 0 Å². The molecule has 2 aromatic carbocycles. The van der Waals surface area contributed by atoms with Crippen molar-refractivity contribution in [2.75, 3.05) is 0 Å². The van der Waals surface area contributed by atoms with Crippen LogP contribution in [-0.2, 0) is 6.54 Å². The number of nitro groups is 1. The topological polar surface area (TPSA) is 78.4 Å². The number of rotatable bonds is 4. The van der Waals surface area contributed by atoms with E-state index in [0.717, 1.165) is 5.56 Å². The molecule has 0 heterocycles. The lowest BCUT2D eigenvalue weighted by molar-refractivity contribution is -0.384. The summed E-state index contributed by atoms with van der Waals surface area (Å²) in [4.78, 5) is 10.3. The molecule has 0 aliphatic rings. The lowest BCUT2D eigenvalue weighted by Crippen LogP contribution is -1.96. The van der Waals surface area contributed by atoms with Gasteiger partial charge in [-0.15, -0.1) is 0 Å². The van der Waals surface area contributed by atoms with Crippen molar-refractivity contribution in [3.8, 4) is 11.5 Å². The molecule has 2 aromatic rings. The second kappa shape index (κ2) is 5.90. The molecule has 2 N–H and O–H groups in total.